The third kappa shape index (κ3) is 10.6. The standard InChI is InChI=1S/C6H13S.K.V/c1-3-5-6-7-4-2;;/h2-6H2,1H3;;/q-1;+1;. The van der Waals surface area contributed by atoms with E-state index in [1.165, 1.54) is 18.6 Å². The van der Waals surface area contributed by atoms with Crippen LogP contribution in [-0.4, -0.2) is 11.5 Å². The van der Waals surface area contributed by atoms with E-state index >= 15 is 0 Å². The second-order valence-corrected chi connectivity index (χ2v) is 5.88. The van der Waals surface area contributed by atoms with E-state index in [1.807, 2.05) is 0 Å². The molecular formula is C6H13KSV. The fourth-order valence-corrected chi connectivity index (χ4v) is 1.84. The Balaban J connectivity index is 0. The van der Waals surface area contributed by atoms with Crippen molar-refractivity contribution < 1.29 is 67.1 Å². The molecule has 9 heavy (non-hydrogen) atoms. The molecular weight excluding hydrogens is 194 g/mol. The molecule has 0 aromatic carbocycles. The van der Waals surface area contributed by atoms with Crippen LogP contribution in [0.2, 0.25) is 0 Å². The van der Waals surface area contributed by atoms with Gasteiger partial charge in [0, 0.05) is 0 Å². The molecule has 0 aliphatic carbocycles. The van der Waals surface area contributed by atoms with Gasteiger partial charge in [0.15, 0.2) is 0 Å². The Hall–Kier alpha value is 2.57. The average molecular weight is 207 g/mol. The van der Waals surface area contributed by atoms with Gasteiger partial charge in [-0.3, -0.25) is 0 Å². The van der Waals surface area contributed by atoms with Gasteiger partial charge in [0.05, 0.1) is 0 Å². The zero-order chi connectivity index (χ0) is 6.41. The molecule has 0 saturated carbocycles. The van der Waals surface area contributed by atoms with E-state index in [9.17, 15) is 0 Å². The zero-order valence-corrected chi connectivity index (χ0v) is 11.7. The monoisotopic (exact) mass is 207 g/mol. The SMILES string of the molecule is [CH2-]C[S](=[V])CCCC.[K+]. The smallest absolute Gasteiger partial charge is 1.00 e. The first kappa shape index (κ1) is 14.1. The zero-order valence-electron chi connectivity index (χ0n) is 6.39. The predicted molar refractivity (Wildman–Crippen MR) is 37.6 cm³/mol. The van der Waals surface area contributed by atoms with Gasteiger partial charge in [0.25, 0.3) is 0 Å². The van der Waals surface area contributed by atoms with Crippen molar-refractivity contribution >= 4 is 8.55 Å². The maximum absolute atomic E-state index is 3.84. The third-order valence-corrected chi connectivity index (χ3v) is 3.91. The van der Waals surface area contributed by atoms with Gasteiger partial charge in [0.2, 0.25) is 0 Å². The van der Waals surface area contributed by atoms with E-state index in [2.05, 4.69) is 29.6 Å². The Bertz CT molecular complexity index is 75.5. The van der Waals surface area contributed by atoms with E-state index in [0.29, 0.717) is 8.55 Å². The summed E-state index contributed by atoms with van der Waals surface area (Å²) in [6.45, 7) is 6.06. The van der Waals surface area contributed by atoms with E-state index in [0.717, 1.165) is 5.75 Å². The number of rotatable bonds is 4. The van der Waals surface area contributed by atoms with E-state index in [1.54, 1.807) is 0 Å². The van der Waals surface area contributed by atoms with Crippen LogP contribution in [0.15, 0.2) is 0 Å². The molecule has 1 atom stereocenters. The van der Waals surface area contributed by atoms with Crippen LogP contribution >= 0.6 is 8.55 Å². The van der Waals surface area contributed by atoms with Crippen molar-refractivity contribution in [2.24, 2.45) is 0 Å². The predicted octanol–water partition coefficient (Wildman–Crippen LogP) is -0.645. The molecule has 0 aliphatic heterocycles. The van der Waals surface area contributed by atoms with Gasteiger partial charge in [-0.1, -0.05) is 0 Å². The Morgan fingerprint density at radius 1 is 1.56 bits per heavy atom. The average Bonchev–Trinajstić information content (AvgIpc) is 1.83. The fraction of sp³-hybridized carbons (Fsp3) is 0.833. The number of hydrogen-bond donors (Lipinski definition) is 0. The summed E-state index contributed by atoms with van der Waals surface area (Å²) in [7, 11) is 0.550. The van der Waals surface area contributed by atoms with Crippen molar-refractivity contribution in [3.8, 4) is 0 Å². The van der Waals surface area contributed by atoms with E-state index in [-0.39, 0.29) is 51.4 Å². The molecule has 3 heteroatoms. The second kappa shape index (κ2) is 10.6. The third-order valence-electron chi connectivity index (χ3n) is 0.969. The van der Waals surface area contributed by atoms with Crippen molar-refractivity contribution in [1.29, 1.82) is 0 Å². The summed E-state index contributed by atoms with van der Waals surface area (Å²) in [4.78, 5) is 0. The minimum absolute atomic E-state index is 0. The number of hydrogen-bond acceptors (Lipinski definition) is 0. The summed E-state index contributed by atoms with van der Waals surface area (Å²) >= 11 is 2.71. The fourth-order valence-electron chi connectivity index (χ4n) is 0.413. The molecule has 0 amide bonds. The summed E-state index contributed by atoms with van der Waals surface area (Å²) in [5, 5.41) is 0. The van der Waals surface area contributed by atoms with Crippen LogP contribution in [0.1, 0.15) is 19.8 Å². The van der Waals surface area contributed by atoms with Crippen molar-refractivity contribution in [2.45, 2.75) is 19.8 Å². The molecule has 0 bridgehead atoms. The van der Waals surface area contributed by atoms with Gasteiger partial charge in [0.1, 0.15) is 0 Å². The molecule has 0 saturated heterocycles. The van der Waals surface area contributed by atoms with Gasteiger partial charge in [-0.05, 0) is 0 Å². The molecule has 0 aliphatic rings. The number of unbranched alkanes of at least 4 members (excludes halogenated alkanes) is 1. The summed E-state index contributed by atoms with van der Waals surface area (Å²) < 4.78 is 0. The largest absolute Gasteiger partial charge is 1.00 e. The van der Waals surface area contributed by atoms with Gasteiger partial charge >= 0.3 is 114 Å². The van der Waals surface area contributed by atoms with Crippen LogP contribution in [0.25, 0.3) is 0 Å². The van der Waals surface area contributed by atoms with Crippen LogP contribution in [0, 0.1) is 6.92 Å². The van der Waals surface area contributed by atoms with Gasteiger partial charge in [-0.25, -0.2) is 0 Å². The summed E-state index contributed by atoms with van der Waals surface area (Å²) in [6.07, 6.45) is 2.69. The van der Waals surface area contributed by atoms with Crippen LogP contribution in [0.4, 0.5) is 0 Å². The molecule has 49 valence electrons. The molecule has 1 unspecified atom stereocenters. The second-order valence-electron chi connectivity index (χ2n) is 1.72. The molecule has 0 aromatic heterocycles. The molecule has 0 fully saturated rings. The summed E-state index contributed by atoms with van der Waals surface area (Å²) in [6, 6.07) is 0. The first-order valence-corrected chi connectivity index (χ1v) is 6.20. The first-order valence-electron chi connectivity index (χ1n) is 2.97. The molecule has 0 nitrogen and oxygen atoms in total. The van der Waals surface area contributed by atoms with Crippen molar-refractivity contribution in [3.63, 3.8) is 0 Å². The van der Waals surface area contributed by atoms with Crippen molar-refractivity contribution in [1.82, 2.24) is 0 Å². The van der Waals surface area contributed by atoms with Crippen LogP contribution in [0.3, 0.4) is 0 Å². The quantitative estimate of drug-likeness (QED) is 0.425. The van der Waals surface area contributed by atoms with E-state index in [4.69, 9.17) is 0 Å². The van der Waals surface area contributed by atoms with Gasteiger partial charge in [-0.15, -0.1) is 0 Å². The normalized spacial score (nSPS) is 12.1. The Labute approximate surface area is 112 Å². The Morgan fingerprint density at radius 3 is 2.44 bits per heavy atom. The van der Waals surface area contributed by atoms with Gasteiger partial charge < -0.3 is 0 Å². The molecule has 0 radical (unpaired) electrons. The molecule has 0 spiro atoms. The maximum atomic E-state index is 3.84. The molecule has 0 aromatic rings. The molecule has 0 rings (SSSR count). The molecule has 0 N–H and O–H groups in total. The summed E-state index contributed by atoms with van der Waals surface area (Å²) in [5.74, 6) is 2.46. The Kier molecular flexibility index (Phi) is 16.6. The first-order chi connectivity index (χ1) is 3.81. The van der Waals surface area contributed by atoms with Crippen LogP contribution in [-0.2, 0) is 15.7 Å². The topological polar surface area (TPSA) is 0 Å². The van der Waals surface area contributed by atoms with Crippen molar-refractivity contribution in [2.75, 3.05) is 11.5 Å². The van der Waals surface area contributed by atoms with Crippen molar-refractivity contribution in [3.05, 3.63) is 6.92 Å². The maximum Gasteiger partial charge on any atom is 1.00 e. The van der Waals surface area contributed by atoms with Crippen LogP contribution < -0.4 is 51.4 Å². The summed E-state index contributed by atoms with van der Waals surface area (Å²) in [5.41, 5.74) is 0. The molecule has 0 heterocycles. The van der Waals surface area contributed by atoms with E-state index < -0.39 is 0 Å². The Morgan fingerprint density at radius 2 is 2.11 bits per heavy atom. The van der Waals surface area contributed by atoms with Crippen LogP contribution in [0.5, 0.6) is 0 Å². The minimum atomic E-state index is 0. The minimum Gasteiger partial charge on any atom is 1.00 e. The van der Waals surface area contributed by atoms with Gasteiger partial charge in [-0.2, -0.15) is 0 Å².